The van der Waals surface area contributed by atoms with Crippen molar-refractivity contribution in [2.24, 2.45) is 11.3 Å². The van der Waals surface area contributed by atoms with Gasteiger partial charge in [-0.2, -0.15) is 0 Å². The molecule has 0 bridgehead atoms. The van der Waals surface area contributed by atoms with Crippen LogP contribution in [0.1, 0.15) is 44.9 Å². The minimum absolute atomic E-state index is 0.115. The van der Waals surface area contributed by atoms with Crippen LogP contribution in [0.25, 0.3) is 0 Å². The first kappa shape index (κ1) is 19.6. The summed E-state index contributed by atoms with van der Waals surface area (Å²) in [7, 11) is -1.93. The molecule has 1 heterocycles. The monoisotopic (exact) mass is 410 g/mol. The topological polar surface area (TPSA) is 75.7 Å². The number of nitrogens with one attached hydrogen (secondary N) is 1. The second kappa shape index (κ2) is 7.30. The molecule has 1 aromatic carbocycles. The number of carbonyl (C=O) groups excluding carboxylic acids is 1. The van der Waals surface area contributed by atoms with Crippen LogP contribution in [0.3, 0.4) is 0 Å². The van der Waals surface area contributed by atoms with Crippen LogP contribution in [-0.4, -0.2) is 44.1 Å². The lowest BCUT2D eigenvalue weighted by molar-refractivity contribution is -0.123. The van der Waals surface area contributed by atoms with Gasteiger partial charge in [-0.3, -0.25) is 4.79 Å². The first-order valence-electron chi connectivity index (χ1n) is 9.99. The molecule has 8 heteroatoms. The summed E-state index contributed by atoms with van der Waals surface area (Å²) in [6, 6.07) is 4.30. The summed E-state index contributed by atoms with van der Waals surface area (Å²) in [5, 5.41) is 2.54. The molecule has 1 N–H and O–H groups in total. The van der Waals surface area contributed by atoms with Gasteiger partial charge in [-0.15, -0.1) is 0 Å². The van der Waals surface area contributed by atoms with Crippen LogP contribution in [0.5, 0.6) is 5.75 Å². The Morgan fingerprint density at radius 2 is 1.96 bits per heavy atom. The van der Waals surface area contributed by atoms with E-state index in [1.165, 1.54) is 19.2 Å². The van der Waals surface area contributed by atoms with Crippen molar-refractivity contribution in [2.45, 2.75) is 50.2 Å². The summed E-state index contributed by atoms with van der Waals surface area (Å²) in [6.07, 6.45) is 6.30. The molecule has 6 nitrogen and oxygen atoms in total. The fraction of sp³-hybridized carbons (Fsp3) is 0.650. The molecule has 3 fully saturated rings. The number of sulfonamides is 1. The predicted octanol–water partition coefficient (Wildman–Crippen LogP) is 3.15. The molecule has 1 saturated heterocycles. The summed E-state index contributed by atoms with van der Waals surface area (Å²) in [4.78, 5) is 13.1. The normalized spacial score (nSPS) is 25.0. The zero-order valence-corrected chi connectivity index (χ0v) is 16.9. The highest BCUT2D eigenvalue weighted by molar-refractivity contribution is 7.90. The van der Waals surface area contributed by atoms with Crippen LogP contribution in [-0.2, 0) is 14.8 Å². The van der Waals surface area contributed by atoms with Gasteiger partial charge in [-0.05, 0) is 43.2 Å². The van der Waals surface area contributed by atoms with Gasteiger partial charge in [0.15, 0.2) is 11.6 Å². The molecule has 2 aliphatic carbocycles. The van der Waals surface area contributed by atoms with Crippen molar-refractivity contribution in [3.63, 3.8) is 0 Å². The first-order valence-corrected chi connectivity index (χ1v) is 11.5. The minimum Gasteiger partial charge on any atom is -0.494 e. The zero-order chi connectivity index (χ0) is 19.9. The Balaban J connectivity index is 1.56. The fourth-order valence-electron chi connectivity index (χ4n) is 4.79. The van der Waals surface area contributed by atoms with Gasteiger partial charge in [0.2, 0.25) is 15.9 Å². The summed E-state index contributed by atoms with van der Waals surface area (Å²) in [5.41, 5.74) is 0.0488. The maximum atomic E-state index is 14.0. The number of rotatable bonds is 5. The van der Waals surface area contributed by atoms with Gasteiger partial charge in [-0.25, -0.2) is 17.1 Å². The Labute approximate surface area is 165 Å². The van der Waals surface area contributed by atoms with Crippen LogP contribution < -0.4 is 10.1 Å². The average Bonchev–Trinajstić information content (AvgIpc) is 3.46. The van der Waals surface area contributed by atoms with E-state index in [1.807, 2.05) is 0 Å². The van der Waals surface area contributed by atoms with Crippen LogP contribution in [0.4, 0.5) is 10.1 Å². The Hall–Kier alpha value is -1.67. The van der Waals surface area contributed by atoms with Crippen molar-refractivity contribution in [2.75, 3.05) is 25.5 Å². The third-order valence-corrected chi connectivity index (χ3v) is 8.82. The van der Waals surface area contributed by atoms with E-state index in [9.17, 15) is 17.6 Å². The summed E-state index contributed by atoms with van der Waals surface area (Å²) < 4.78 is 46.0. The molecule has 1 unspecified atom stereocenters. The number of amides is 1. The highest BCUT2D eigenvalue weighted by Gasteiger charge is 2.55. The van der Waals surface area contributed by atoms with E-state index in [-0.39, 0.29) is 28.9 Å². The lowest BCUT2D eigenvalue weighted by atomic mass is 9.67. The standard InChI is InChI=1S/C20H27FN2O4S/c1-27-18-8-5-14(11-17(18)21)22-19(24)16-12-23(28(25,26)15-6-7-15)13-20(16)9-3-2-4-10-20/h5,8,11,15-16H,2-4,6-7,9-10,12-13H2,1H3,(H,22,24). The molecular weight excluding hydrogens is 383 g/mol. The molecule has 3 aliphatic rings. The Bertz CT molecular complexity index is 863. The summed E-state index contributed by atoms with van der Waals surface area (Å²) in [5.74, 6) is -1.06. The van der Waals surface area contributed by atoms with Crippen LogP contribution in [0.15, 0.2) is 18.2 Å². The van der Waals surface area contributed by atoms with Crippen molar-refractivity contribution in [3.05, 3.63) is 24.0 Å². The lowest BCUT2D eigenvalue weighted by Gasteiger charge is -2.37. The van der Waals surface area contributed by atoms with Gasteiger partial charge in [0, 0.05) is 24.8 Å². The number of halogens is 1. The lowest BCUT2D eigenvalue weighted by Crippen LogP contribution is -2.39. The van der Waals surface area contributed by atoms with E-state index < -0.39 is 21.8 Å². The highest BCUT2D eigenvalue weighted by Crippen LogP contribution is 2.50. The molecule has 2 saturated carbocycles. The summed E-state index contributed by atoms with van der Waals surface area (Å²) in [6.45, 7) is 0.657. The third kappa shape index (κ3) is 3.52. The number of benzene rings is 1. The van der Waals surface area contributed by atoms with Crippen molar-refractivity contribution in [1.82, 2.24) is 4.31 Å². The van der Waals surface area contributed by atoms with Gasteiger partial charge in [0.05, 0.1) is 18.3 Å². The Morgan fingerprint density at radius 1 is 1.25 bits per heavy atom. The Kier molecular flexibility index (Phi) is 5.12. The largest absolute Gasteiger partial charge is 0.494 e. The number of hydrogen-bond acceptors (Lipinski definition) is 4. The second-order valence-corrected chi connectivity index (χ2v) is 10.6. The van der Waals surface area contributed by atoms with Gasteiger partial charge in [0.25, 0.3) is 0 Å². The molecule has 154 valence electrons. The van der Waals surface area contributed by atoms with E-state index >= 15 is 0 Å². The molecule has 1 spiro atoms. The molecule has 1 aromatic rings. The second-order valence-electron chi connectivity index (χ2n) is 8.35. The maximum Gasteiger partial charge on any atom is 0.229 e. The van der Waals surface area contributed by atoms with E-state index in [4.69, 9.17) is 4.74 Å². The van der Waals surface area contributed by atoms with Crippen LogP contribution in [0.2, 0.25) is 0 Å². The van der Waals surface area contributed by atoms with Crippen molar-refractivity contribution in [3.8, 4) is 5.75 Å². The first-order chi connectivity index (χ1) is 13.4. The zero-order valence-electron chi connectivity index (χ0n) is 16.1. The van der Waals surface area contributed by atoms with E-state index in [2.05, 4.69) is 5.32 Å². The van der Waals surface area contributed by atoms with Crippen molar-refractivity contribution in [1.29, 1.82) is 0 Å². The van der Waals surface area contributed by atoms with Gasteiger partial charge in [0.1, 0.15) is 0 Å². The molecule has 28 heavy (non-hydrogen) atoms. The molecule has 1 atom stereocenters. The van der Waals surface area contributed by atoms with Gasteiger partial charge >= 0.3 is 0 Å². The average molecular weight is 411 g/mol. The predicted molar refractivity (Wildman–Crippen MR) is 104 cm³/mol. The van der Waals surface area contributed by atoms with E-state index in [0.717, 1.165) is 32.1 Å². The number of methoxy groups -OCH3 is 1. The summed E-state index contributed by atoms with van der Waals surface area (Å²) >= 11 is 0. The van der Waals surface area contributed by atoms with Gasteiger partial charge < -0.3 is 10.1 Å². The SMILES string of the molecule is COc1ccc(NC(=O)C2CN(S(=O)(=O)C3CC3)CC23CCCCC3)cc1F. The number of nitrogens with zero attached hydrogens (tertiary/aromatic N) is 1. The molecule has 1 aliphatic heterocycles. The number of ether oxygens (including phenoxy) is 1. The number of carbonyl (C=O) groups is 1. The molecule has 0 aromatic heterocycles. The maximum absolute atomic E-state index is 14.0. The molecule has 4 rings (SSSR count). The fourth-order valence-corrected chi connectivity index (χ4v) is 6.74. The smallest absolute Gasteiger partial charge is 0.229 e. The third-order valence-electron chi connectivity index (χ3n) is 6.51. The quantitative estimate of drug-likeness (QED) is 0.809. The van der Waals surface area contributed by atoms with Crippen molar-refractivity contribution >= 4 is 21.6 Å². The Morgan fingerprint density at radius 3 is 2.57 bits per heavy atom. The number of anilines is 1. The van der Waals surface area contributed by atoms with Gasteiger partial charge in [-0.1, -0.05) is 19.3 Å². The minimum atomic E-state index is -3.32. The van der Waals surface area contributed by atoms with Crippen LogP contribution >= 0.6 is 0 Å². The number of hydrogen-bond donors (Lipinski definition) is 1. The molecule has 1 amide bonds. The molecular formula is C20H27FN2O4S. The van der Waals surface area contributed by atoms with E-state index in [1.54, 1.807) is 10.4 Å². The molecule has 0 radical (unpaired) electrons. The van der Waals surface area contributed by atoms with Crippen molar-refractivity contribution < 1.29 is 22.3 Å². The van der Waals surface area contributed by atoms with Crippen LogP contribution in [0, 0.1) is 17.2 Å². The highest BCUT2D eigenvalue weighted by atomic mass is 32.2. The van der Waals surface area contributed by atoms with E-state index in [0.29, 0.717) is 25.1 Å².